The van der Waals surface area contributed by atoms with Crippen molar-refractivity contribution in [3.63, 3.8) is 0 Å². The molecule has 1 aliphatic heterocycles. The predicted molar refractivity (Wildman–Crippen MR) is 113 cm³/mol. The fourth-order valence-corrected chi connectivity index (χ4v) is 4.20. The normalized spacial score (nSPS) is 15.5. The van der Waals surface area contributed by atoms with Crippen molar-refractivity contribution in [1.29, 1.82) is 0 Å². The van der Waals surface area contributed by atoms with Crippen molar-refractivity contribution < 1.29 is 9.53 Å². The summed E-state index contributed by atoms with van der Waals surface area (Å²) in [4.78, 5) is 15.2. The number of hydrogen-bond acceptors (Lipinski definition) is 4. The van der Waals surface area contributed by atoms with Gasteiger partial charge in [0.2, 0.25) is 0 Å². The molecule has 1 heterocycles. The Bertz CT molecular complexity index is 759. The molecule has 0 radical (unpaired) electrons. The SMILES string of the molecule is COc1ccccc1C(CNC(=O)c1cccc(CSC)c1)N1CCCC1. The molecule has 1 atom stereocenters. The summed E-state index contributed by atoms with van der Waals surface area (Å²) >= 11 is 1.76. The second kappa shape index (κ2) is 9.81. The standard InChI is InChI=1S/C22H28N2O2S/c1-26-21-11-4-3-10-19(21)20(24-12-5-6-13-24)15-23-22(25)18-9-7-8-17(14-18)16-27-2/h3-4,7-11,14,20H,5-6,12-13,15-16H2,1-2H3,(H,23,25). The summed E-state index contributed by atoms with van der Waals surface area (Å²) in [6.45, 7) is 2.69. The minimum atomic E-state index is -0.0166. The Kier molecular flexibility index (Phi) is 7.18. The van der Waals surface area contributed by atoms with Crippen molar-refractivity contribution in [2.45, 2.75) is 24.6 Å². The Morgan fingerprint density at radius 3 is 2.70 bits per heavy atom. The predicted octanol–water partition coefficient (Wildman–Crippen LogP) is 4.13. The first-order chi connectivity index (χ1) is 13.2. The molecule has 2 aromatic carbocycles. The molecule has 4 nitrogen and oxygen atoms in total. The number of amides is 1. The molecular formula is C22H28N2O2S. The van der Waals surface area contributed by atoms with E-state index >= 15 is 0 Å². The first kappa shape index (κ1) is 19.8. The maximum absolute atomic E-state index is 12.7. The lowest BCUT2D eigenvalue weighted by Crippen LogP contribution is -2.37. The largest absolute Gasteiger partial charge is 0.496 e. The number of para-hydroxylation sites is 1. The molecule has 3 rings (SSSR count). The Balaban J connectivity index is 1.74. The number of ether oxygens (including phenoxy) is 1. The van der Waals surface area contributed by atoms with Crippen molar-refractivity contribution in [2.24, 2.45) is 0 Å². The van der Waals surface area contributed by atoms with Gasteiger partial charge in [0.1, 0.15) is 5.75 Å². The van der Waals surface area contributed by atoms with Crippen molar-refractivity contribution in [3.05, 3.63) is 65.2 Å². The molecule has 0 spiro atoms. The Morgan fingerprint density at radius 2 is 1.96 bits per heavy atom. The summed E-state index contributed by atoms with van der Waals surface area (Å²) in [5.74, 6) is 1.78. The highest BCUT2D eigenvalue weighted by Gasteiger charge is 2.26. The van der Waals surface area contributed by atoms with Crippen molar-refractivity contribution in [1.82, 2.24) is 10.2 Å². The van der Waals surface area contributed by atoms with Crippen LogP contribution in [0.2, 0.25) is 0 Å². The molecule has 1 unspecified atom stereocenters. The number of nitrogens with one attached hydrogen (secondary N) is 1. The van der Waals surface area contributed by atoms with Gasteiger partial charge < -0.3 is 10.1 Å². The minimum absolute atomic E-state index is 0.0166. The number of rotatable bonds is 8. The molecule has 1 amide bonds. The van der Waals surface area contributed by atoms with E-state index in [1.165, 1.54) is 18.4 Å². The van der Waals surface area contributed by atoms with Gasteiger partial charge >= 0.3 is 0 Å². The summed E-state index contributed by atoms with van der Waals surface area (Å²) < 4.78 is 5.58. The Labute approximate surface area is 166 Å². The zero-order valence-corrected chi connectivity index (χ0v) is 16.9. The Morgan fingerprint density at radius 1 is 1.19 bits per heavy atom. The molecule has 27 heavy (non-hydrogen) atoms. The average molecular weight is 385 g/mol. The van der Waals surface area contributed by atoms with Crippen LogP contribution in [0.3, 0.4) is 0 Å². The zero-order chi connectivity index (χ0) is 19.1. The second-order valence-electron chi connectivity index (χ2n) is 6.84. The molecule has 1 aliphatic rings. The quantitative estimate of drug-likeness (QED) is 0.743. The molecule has 2 aromatic rings. The molecule has 1 saturated heterocycles. The molecule has 1 N–H and O–H groups in total. The molecule has 144 valence electrons. The molecular weight excluding hydrogens is 356 g/mol. The Hall–Kier alpha value is -1.98. The lowest BCUT2D eigenvalue weighted by molar-refractivity contribution is 0.0937. The minimum Gasteiger partial charge on any atom is -0.496 e. The van der Waals surface area contributed by atoms with Crippen molar-refractivity contribution in [3.8, 4) is 5.75 Å². The van der Waals surface area contributed by atoms with Crippen LogP contribution in [0.25, 0.3) is 0 Å². The van der Waals surface area contributed by atoms with Gasteiger partial charge in [0.25, 0.3) is 5.91 Å². The van der Waals surface area contributed by atoms with E-state index < -0.39 is 0 Å². The van der Waals surface area contributed by atoms with Crippen LogP contribution >= 0.6 is 11.8 Å². The number of hydrogen-bond donors (Lipinski definition) is 1. The number of carbonyl (C=O) groups excluding carboxylic acids is 1. The monoisotopic (exact) mass is 384 g/mol. The fraction of sp³-hybridized carbons (Fsp3) is 0.409. The van der Waals surface area contributed by atoms with Crippen molar-refractivity contribution >= 4 is 17.7 Å². The van der Waals surface area contributed by atoms with Crippen LogP contribution in [0.1, 0.15) is 40.4 Å². The summed E-state index contributed by atoms with van der Waals surface area (Å²) in [5, 5.41) is 3.15. The molecule has 0 aromatic heterocycles. The maximum atomic E-state index is 12.7. The molecule has 0 bridgehead atoms. The smallest absolute Gasteiger partial charge is 0.251 e. The van der Waals surface area contributed by atoms with Gasteiger partial charge in [-0.1, -0.05) is 30.3 Å². The topological polar surface area (TPSA) is 41.6 Å². The van der Waals surface area contributed by atoms with Gasteiger partial charge in [-0.2, -0.15) is 11.8 Å². The van der Waals surface area contributed by atoms with E-state index in [1.54, 1.807) is 18.9 Å². The molecule has 5 heteroatoms. The van der Waals surface area contributed by atoms with Gasteiger partial charge in [-0.3, -0.25) is 9.69 Å². The number of carbonyl (C=O) groups is 1. The van der Waals surface area contributed by atoms with E-state index in [9.17, 15) is 4.79 Å². The van der Waals surface area contributed by atoms with Gasteiger partial charge in [0, 0.05) is 23.4 Å². The first-order valence-electron chi connectivity index (χ1n) is 9.46. The van der Waals surface area contributed by atoms with E-state index in [1.807, 2.05) is 36.4 Å². The number of nitrogens with zero attached hydrogens (tertiary/aromatic N) is 1. The number of thioether (sulfide) groups is 1. The van der Waals surface area contributed by atoms with Crippen LogP contribution in [-0.4, -0.2) is 43.8 Å². The summed E-state index contributed by atoms with van der Waals surface area (Å²) in [6.07, 6.45) is 4.48. The summed E-state index contributed by atoms with van der Waals surface area (Å²) in [6, 6.07) is 16.1. The van der Waals surface area contributed by atoms with E-state index in [-0.39, 0.29) is 11.9 Å². The highest BCUT2D eigenvalue weighted by Crippen LogP contribution is 2.31. The average Bonchev–Trinajstić information content (AvgIpc) is 3.23. The van der Waals surface area contributed by atoms with Gasteiger partial charge in [-0.25, -0.2) is 0 Å². The van der Waals surface area contributed by atoms with E-state index in [0.717, 1.165) is 35.7 Å². The third kappa shape index (κ3) is 5.05. The van der Waals surface area contributed by atoms with Crippen LogP contribution in [0, 0.1) is 0 Å². The van der Waals surface area contributed by atoms with Gasteiger partial charge in [0.05, 0.1) is 13.2 Å². The highest BCUT2D eigenvalue weighted by atomic mass is 32.2. The number of likely N-dealkylation sites (tertiary alicyclic amines) is 1. The molecule has 0 saturated carbocycles. The maximum Gasteiger partial charge on any atom is 0.251 e. The first-order valence-corrected chi connectivity index (χ1v) is 10.9. The van der Waals surface area contributed by atoms with E-state index in [4.69, 9.17) is 4.74 Å². The van der Waals surface area contributed by atoms with E-state index in [0.29, 0.717) is 6.54 Å². The third-order valence-electron chi connectivity index (χ3n) is 5.04. The second-order valence-corrected chi connectivity index (χ2v) is 7.71. The number of methoxy groups -OCH3 is 1. The van der Waals surface area contributed by atoms with E-state index in [2.05, 4.69) is 28.6 Å². The lowest BCUT2D eigenvalue weighted by atomic mass is 10.0. The van der Waals surface area contributed by atoms with Crippen LogP contribution in [0.4, 0.5) is 0 Å². The fourth-order valence-electron chi connectivity index (χ4n) is 3.69. The summed E-state index contributed by atoms with van der Waals surface area (Å²) in [5.41, 5.74) is 3.04. The van der Waals surface area contributed by atoms with Crippen LogP contribution in [0.15, 0.2) is 48.5 Å². The summed E-state index contributed by atoms with van der Waals surface area (Å²) in [7, 11) is 1.70. The molecule has 1 fully saturated rings. The van der Waals surface area contributed by atoms with Crippen LogP contribution in [0.5, 0.6) is 5.75 Å². The van der Waals surface area contributed by atoms with Crippen LogP contribution < -0.4 is 10.1 Å². The third-order valence-corrected chi connectivity index (χ3v) is 5.66. The lowest BCUT2D eigenvalue weighted by Gasteiger charge is -2.29. The van der Waals surface area contributed by atoms with Gasteiger partial charge in [-0.05, 0) is 55.9 Å². The van der Waals surface area contributed by atoms with Crippen molar-refractivity contribution in [2.75, 3.05) is 33.0 Å². The zero-order valence-electron chi connectivity index (χ0n) is 16.1. The van der Waals surface area contributed by atoms with Gasteiger partial charge in [0.15, 0.2) is 0 Å². The highest BCUT2D eigenvalue weighted by molar-refractivity contribution is 7.97. The van der Waals surface area contributed by atoms with Crippen LogP contribution in [-0.2, 0) is 5.75 Å². The molecule has 0 aliphatic carbocycles. The number of benzene rings is 2. The van der Waals surface area contributed by atoms with Gasteiger partial charge in [-0.15, -0.1) is 0 Å².